The molecule has 0 saturated carbocycles. The number of aliphatic hydroxyl groups is 1. The van der Waals surface area contributed by atoms with E-state index in [2.05, 4.69) is 32.6 Å². The maximum absolute atomic E-state index is 10.9. The van der Waals surface area contributed by atoms with E-state index in [1.807, 2.05) is 38.1 Å². The van der Waals surface area contributed by atoms with E-state index in [-0.39, 0.29) is 11.6 Å². The highest BCUT2D eigenvalue weighted by Gasteiger charge is 2.36. The molecule has 0 spiro atoms. The van der Waals surface area contributed by atoms with Crippen LogP contribution in [-0.2, 0) is 0 Å². The van der Waals surface area contributed by atoms with Crippen molar-refractivity contribution in [1.82, 2.24) is 4.90 Å². The lowest BCUT2D eigenvalue weighted by Crippen LogP contribution is -2.50. The summed E-state index contributed by atoms with van der Waals surface area (Å²) in [6, 6.07) is 7.83. The zero-order valence-electron chi connectivity index (χ0n) is 14.4. The van der Waals surface area contributed by atoms with Crippen LogP contribution >= 0.6 is 0 Å². The summed E-state index contributed by atoms with van der Waals surface area (Å²) in [5.41, 5.74) is 0.701. The molecule has 0 aromatic heterocycles. The summed E-state index contributed by atoms with van der Waals surface area (Å²) in [6.45, 7) is 14.5. The highest BCUT2D eigenvalue weighted by molar-refractivity contribution is 5.30. The first-order valence-electron chi connectivity index (χ1n) is 8.08. The lowest BCUT2D eigenvalue weighted by molar-refractivity contribution is -0.0213. The molecule has 2 atom stereocenters. The van der Waals surface area contributed by atoms with Crippen molar-refractivity contribution < 1.29 is 9.84 Å². The highest BCUT2D eigenvalue weighted by Crippen LogP contribution is 2.34. The number of rotatable bonds is 8. The van der Waals surface area contributed by atoms with Gasteiger partial charge < -0.3 is 9.84 Å². The number of hydrogen-bond acceptors (Lipinski definition) is 3. The van der Waals surface area contributed by atoms with Crippen LogP contribution in [0.5, 0.6) is 5.75 Å². The van der Waals surface area contributed by atoms with Gasteiger partial charge in [0.15, 0.2) is 0 Å². The molecule has 0 saturated heterocycles. The van der Waals surface area contributed by atoms with Crippen LogP contribution in [0.3, 0.4) is 0 Å². The van der Waals surface area contributed by atoms with Crippen LogP contribution in [-0.4, -0.2) is 34.7 Å². The van der Waals surface area contributed by atoms with Gasteiger partial charge in [0, 0.05) is 5.54 Å². The Morgan fingerprint density at radius 2 is 1.62 bits per heavy atom. The van der Waals surface area contributed by atoms with Gasteiger partial charge in [-0.15, -0.1) is 0 Å². The van der Waals surface area contributed by atoms with Crippen LogP contribution in [0.15, 0.2) is 24.3 Å². The smallest absolute Gasteiger partial charge is 0.119 e. The van der Waals surface area contributed by atoms with Crippen LogP contribution in [0.4, 0.5) is 0 Å². The Morgan fingerprint density at radius 1 is 1.10 bits per heavy atom. The minimum atomic E-state index is -0.504. The average molecular weight is 293 g/mol. The van der Waals surface area contributed by atoms with E-state index in [1.165, 1.54) is 0 Å². The van der Waals surface area contributed by atoms with Gasteiger partial charge in [-0.3, -0.25) is 4.90 Å². The Morgan fingerprint density at radius 3 is 2.00 bits per heavy atom. The molecule has 21 heavy (non-hydrogen) atoms. The maximum atomic E-state index is 10.9. The van der Waals surface area contributed by atoms with Gasteiger partial charge in [-0.2, -0.15) is 0 Å². The largest absolute Gasteiger partial charge is 0.491 e. The first kappa shape index (κ1) is 18.0. The van der Waals surface area contributed by atoms with E-state index in [0.29, 0.717) is 0 Å². The molecule has 120 valence electrons. The van der Waals surface area contributed by atoms with Crippen molar-refractivity contribution in [3.8, 4) is 5.75 Å². The third kappa shape index (κ3) is 4.21. The topological polar surface area (TPSA) is 32.7 Å². The standard InChI is InChI=1S/C18H31NO2/c1-7-18(6,19(8-2)9-3)17(20)15-10-12-16(13-11-15)21-14(4)5/h10-14,17,20H,7-9H2,1-6H3. The summed E-state index contributed by atoms with van der Waals surface area (Å²) in [6.07, 6.45) is 0.563. The SMILES string of the molecule is CCN(CC)C(C)(CC)C(O)c1ccc(OC(C)C)cc1. The zero-order valence-corrected chi connectivity index (χ0v) is 14.4. The van der Waals surface area contributed by atoms with E-state index in [0.717, 1.165) is 30.8 Å². The third-order valence-electron chi connectivity index (χ3n) is 4.36. The molecule has 0 aliphatic rings. The molecule has 2 unspecified atom stereocenters. The van der Waals surface area contributed by atoms with Crippen molar-refractivity contribution in [2.24, 2.45) is 0 Å². The van der Waals surface area contributed by atoms with E-state index >= 15 is 0 Å². The molecule has 0 amide bonds. The minimum absolute atomic E-state index is 0.164. The van der Waals surface area contributed by atoms with Crippen molar-refractivity contribution >= 4 is 0 Å². The van der Waals surface area contributed by atoms with Gasteiger partial charge in [0.1, 0.15) is 5.75 Å². The second-order valence-electron chi connectivity index (χ2n) is 6.02. The fraction of sp³-hybridized carbons (Fsp3) is 0.667. The quantitative estimate of drug-likeness (QED) is 0.786. The molecule has 0 fully saturated rings. The summed E-state index contributed by atoms with van der Waals surface area (Å²) in [7, 11) is 0. The second-order valence-corrected chi connectivity index (χ2v) is 6.02. The Balaban J connectivity index is 2.97. The van der Waals surface area contributed by atoms with Crippen LogP contribution in [0.2, 0.25) is 0 Å². The maximum Gasteiger partial charge on any atom is 0.119 e. The Bertz CT molecular complexity index is 412. The van der Waals surface area contributed by atoms with Gasteiger partial charge in [-0.05, 0) is 58.0 Å². The van der Waals surface area contributed by atoms with Gasteiger partial charge in [0.25, 0.3) is 0 Å². The van der Waals surface area contributed by atoms with Crippen LogP contribution < -0.4 is 4.74 Å². The predicted octanol–water partition coefficient (Wildman–Crippen LogP) is 4.02. The summed E-state index contributed by atoms with van der Waals surface area (Å²) in [5.74, 6) is 0.849. The minimum Gasteiger partial charge on any atom is -0.491 e. The first-order chi connectivity index (χ1) is 9.88. The van der Waals surface area contributed by atoms with Crippen LogP contribution in [0, 0.1) is 0 Å². The normalized spacial score (nSPS) is 16.0. The van der Waals surface area contributed by atoms with Crippen molar-refractivity contribution in [2.75, 3.05) is 13.1 Å². The molecule has 0 aliphatic carbocycles. The summed E-state index contributed by atoms with van der Waals surface area (Å²) in [5, 5.41) is 10.9. The number of aliphatic hydroxyl groups excluding tert-OH is 1. The first-order valence-corrected chi connectivity index (χ1v) is 8.08. The van der Waals surface area contributed by atoms with Gasteiger partial charge in [0.05, 0.1) is 12.2 Å². The molecule has 1 aromatic carbocycles. The zero-order chi connectivity index (χ0) is 16.0. The van der Waals surface area contributed by atoms with E-state index in [1.54, 1.807) is 0 Å². The molecular weight excluding hydrogens is 262 g/mol. The third-order valence-corrected chi connectivity index (χ3v) is 4.36. The molecule has 1 aromatic rings. The van der Waals surface area contributed by atoms with Gasteiger partial charge in [-0.25, -0.2) is 0 Å². The number of nitrogens with zero attached hydrogens (tertiary/aromatic N) is 1. The molecule has 0 aliphatic heterocycles. The van der Waals surface area contributed by atoms with E-state index < -0.39 is 6.10 Å². The predicted molar refractivity (Wildman–Crippen MR) is 88.8 cm³/mol. The molecular formula is C18H31NO2. The fourth-order valence-electron chi connectivity index (χ4n) is 2.90. The van der Waals surface area contributed by atoms with E-state index in [9.17, 15) is 5.11 Å². The summed E-state index contributed by atoms with van der Waals surface area (Å²) < 4.78 is 5.66. The monoisotopic (exact) mass is 293 g/mol. The Labute approximate surface area is 129 Å². The fourth-order valence-corrected chi connectivity index (χ4v) is 2.90. The van der Waals surface area contributed by atoms with Crippen molar-refractivity contribution in [3.63, 3.8) is 0 Å². The molecule has 3 nitrogen and oxygen atoms in total. The summed E-state index contributed by atoms with van der Waals surface area (Å²) in [4.78, 5) is 2.33. The molecule has 1 rings (SSSR count). The van der Waals surface area contributed by atoms with E-state index in [4.69, 9.17) is 4.74 Å². The Kier molecular flexibility index (Phi) is 6.69. The van der Waals surface area contributed by atoms with Crippen molar-refractivity contribution in [1.29, 1.82) is 0 Å². The van der Waals surface area contributed by atoms with Gasteiger partial charge in [0.2, 0.25) is 0 Å². The average Bonchev–Trinajstić information content (AvgIpc) is 2.47. The lowest BCUT2D eigenvalue weighted by Gasteiger charge is -2.43. The van der Waals surface area contributed by atoms with Crippen LogP contribution in [0.1, 0.15) is 59.6 Å². The summed E-state index contributed by atoms with van der Waals surface area (Å²) >= 11 is 0. The van der Waals surface area contributed by atoms with Gasteiger partial charge in [-0.1, -0.05) is 32.9 Å². The highest BCUT2D eigenvalue weighted by atomic mass is 16.5. The second kappa shape index (κ2) is 7.81. The molecule has 3 heteroatoms. The number of hydrogen-bond donors (Lipinski definition) is 1. The van der Waals surface area contributed by atoms with Gasteiger partial charge >= 0.3 is 0 Å². The van der Waals surface area contributed by atoms with Crippen LogP contribution in [0.25, 0.3) is 0 Å². The van der Waals surface area contributed by atoms with Crippen molar-refractivity contribution in [3.05, 3.63) is 29.8 Å². The van der Waals surface area contributed by atoms with Crippen molar-refractivity contribution in [2.45, 2.75) is 65.7 Å². The number of benzene rings is 1. The number of ether oxygens (including phenoxy) is 1. The molecule has 0 radical (unpaired) electrons. The molecule has 0 heterocycles. The molecule has 0 bridgehead atoms. The molecule has 1 N–H and O–H groups in total. The number of likely N-dealkylation sites (N-methyl/N-ethyl adjacent to an activating group) is 1. The Hall–Kier alpha value is -1.06. The lowest BCUT2D eigenvalue weighted by atomic mass is 9.85.